The molecule has 1 saturated heterocycles. The number of morpholine rings is 1. The summed E-state index contributed by atoms with van der Waals surface area (Å²) in [6.07, 6.45) is 1.19. The molecule has 27 heavy (non-hydrogen) atoms. The summed E-state index contributed by atoms with van der Waals surface area (Å²) in [5, 5.41) is 3.06. The van der Waals surface area contributed by atoms with Gasteiger partial charge in [0, 0.05) is 26.1 Å². The minimum atomic E-state index is -0.248. The maximum absolute atomic E-state index is 13.3. The zero-order valence-corrected chi connectivity index (χ0v) is 15.8. The number of carbonyl (C=O) groups is 1. The topological polar surface area (TPSA) is 41.6 Å². The Hall–Kier alpha value is -2.24. The molecule has 2 aromatic rings. The molecule has 0 aromatic heterocycles. The van der Waals surface area contributed by atoms with Crippen LogP contribution in [0.15, 0.2) is 48.5 Å². The highest BCUT2D eigenvalue weighted by molar-refractivity contribution is 5.76. The Morgan fingerprint density at radius 1 is 1.19 bits per heavy atom. The average Bonchev–Trinajstić information content (AvgIpc) is 2.69. The minimum absolute atomic E-state index is 0.0254. The minimum Gasteiger partial charge on any atom is -0.379 e. The Morgan fingerprint density at radius 2 is 1.93 bits per heavy atom. The van der Waals surface area contributed by atoms with Crippen molar-refractivity contribution < 1.29 is 13.9 Å². The van der Waals surface area contributed by atoms with E-state index in [1.807, 2.05) is 6.07 Å². The van der Waals surface area contributed by atoms with Gasteiger partial charge in [0.15, 0.2) is 0 Å². The van der Waals surface area contributed by atoms with E-state index in [2.05, 4.69) is 35.3 Å². The quantitative estimate of drug-likeness (QED) is 0.813. The van der Waals surface area contributed by atoms with E-state index in [1.54, 1.807) is 12.1 Å². The molecule has 0 spiro atoms. The largest absolute Gasteiger partial charge is 0.379 e. The summed E-state index contributed by atoms with van der Waals surface area (Å²) >= 11 is 0. The summed E-state index contributed by atoms with van der Waals surface area (Å²) in [6, 6.07) is 14.8. The number of carbonyl (C=O) groups excluding carboxylic acids is 1. The van der Waals surface area contributed by atoms with Gasteiger partial charge in [-0.1, -0.05) is 42.0 Å². The lowest BCUT2D eigenvalue weighted by Crippen LogP contribution is -2.43. The number of aryl methyl sites for hydroxylation is 2. The molecule has 3 rings (SSSR count). The second-order valence-electron chi connectivity index (χ2n) is 7.01. The van der Waals surface area contributed by atoms with E-state index >= 15 is 0 Å². The number of nitrogens with one attached hydrogen (secondary N) is 1. The normalized spacial score (nSPS) is 16.1. The molecule has 1 unspecified atom stereocenters. The molecule has 1 heterocycles. The number of rotatable bonds is 7. The second kappa shape index (κ2) is 9.62. The molecule has 1 aliphatic rings. The zero-order chi connectivity index (χ0) is 19.1. The first-order valence-electron chi connectivity index (χ1n) is 9.51. The van der Waals surface area contributed by atoms with Crippen molar-refractivity contribution in [2.45, 2.75) is 25.8 Å². The van der Waals surface area contributed by atoms with Crippen molar-refractivity contribution in [2.24, 2.45) is 0 Å². The Labute approximate surface area is 160 Å². The van der Waals surface area contributed by atoms with E-state index in [1.165, 1.54) is 23.3 Å². The van der Waals surface area contributed by atoms with E-state index in [4.69, 9.17) is 4.74 Å². The maximum Gasteiger partial charge on any atom is 0.220 e. The number of benzene rings is 2. The Bertz CT molecular complexity index is 742. The molecule has 1 fully saturated rings. The highest BCUT2D eigenvalue weighted by atomic mass is 19.1. The van der Waals surface area contributed by atoms with Crippen molar-refractivity contribution in [1.82, 2.24) is 10.2 Å². The third kappa shape index (κ3) is 5.88. The molecule has 4 nitrogen and oxygen atoms in total. The number of ether oxygens (including phenoxy) is 1. The molecular formula is C22H27FN2O2. The molecule has 1 atom stereocenters. The summed E-state index contributed by atoms with van der Waals surface area (Å²) in [5.41, 5.74) is 3.39. The molecule has 2 aromatic carbocycles. The summed E-state index contributed by atoms with van der Waals surface area (Å²) < 4.78 is 18.7. The van der Waals surface area contributed by atoms with Crippen LogP contribution in [-0.4, -0.2) is 43.7 Å². The Kier molecular flexibility index (Phi) is 6.96. The molecule has 0 radical (unpaired) electrons. The molecule has 0 aliphatic carbocycles. The fraction of sp³-hybridized carbons (Fsp3) is 0.409. The van der Waals surface area contributed by atoms with Crippen LogP contribution in [0.2, 0.25) is 0 Å². The molecule has 1 N–H and O–H groups in total. The van der Waals surface area contributed by atoms with Gasteiger partial charge in [-0.25, -0.2) is 4.39 Å². The molecule has 0 bridgehead atoms. The van der Waals surface area contributed by atoms with Gasteiger partial charge in [-0.2, -0.15) is 0 Å². The van der Waals surface area contributed by atoms with Crippen LogP contribution in [-0.2, 0) is 16.0 Å². The fourth-order valence-electron chi connectivity index (χ4n) is 3.46. The van der Waals surface area contributed by atoms with Gasteiger partial charge in [-0.3, -0.25) is 9.69 Å². The first kappa shape index (κ1) is 19.5. The van der Waals surface area contributed by atoms with Crippen molar-refractivity contribution >= 4 is 5.91 Å². The van der Waals surface area contributed by atoms with Crippen LogP contribution in [0.1, 0.15) is 29.2 Å². The lowest BCUT2D eigenvalue weighted by atomic mass is 10.0. The smallest absolute Gasteiger partial charge is 0.220 e. The highest BCUT2D eigenvalue weighted by Crippen LogP contribution is 2.21. The maximum atomic E-state index is 13.3. The van der Waals surface area contributed by atoms with Crippen LogP contribution in [0.4, 0.5) is 4.39 Å². The summed E-state index contributed by atoms with van der Waals surface area (Å²) in [7, 11) is 0. The highest BCUT2D eigenvalue weighted by Gasteiger charge is 2.23. The van der Waals surface area contributed by atoms with Crippen molar-refractivity contribution in [3.8, 4) is 0 Å². The van der Waals surface area contributed by atoms with Crippen molar-refractivity contribution in [3.05, 3.63) is 71.0 Å². The van der Waals surface area contributed by atoms with Crippen LogP contribution in [0.3, 0.4) is 0 Å². The summed E-state index contributed by atoms with van der Waals surface area (Å²) in [4.78, 5) is 14.6. The second-order valence-corrected chi connectivity index (χ2v) is 7.01. The van der Waals surface area contributed by atoms with E-state index in [0.717, 1.165) is 25.1 Å². The Morgan fingerprint density at radius 3 is 2.63 bits per heavy atom. The lowest BCUT2D eigenvalue weighted by Gasteiger charge is -2.35. The van der Waals surface area contributed by atoms with Crippen molar-refractivity contribution in [1.29, 1.82) is 0 Å². The van der Waals surface area contributed by atoms with Gasteiger partial charge < -0.3 is 10.1 Å². The third-order valence-corrected chi connectivity index (χ3v) is 4.96. The zero-order valence-electron chi connectivity index (χ0n) is 15.8. The van der Waals surface area contributed by atoms with Crippen molar-refractivity contribution in [2.75, 3.05) is 32.8 Å². The molecular weight excluding hydrogens is 343 g/mol. The molecule has 1 aliphatic heterocycles. The number of nitrogens with zero attached hydrogens (tertiary/aromatic N) is 1. The molecule has 144 valence electrons. The molecule has 0 saturated carbocycles. The average molecular weight is 370 g/mol. The molecule has 5 heteroatoms. The standard InChI is InChI=1S/C22H27FN2O2/c1-17-3-2-4-18(15-17)5-10-22(26)24-16-21(25-11-13-27-14-12-25)19-6-8-20(23)9-7-19/h2-4,6-9,15,21H,5,10-14,16H2,1H3,(H,24,26). The molecule has 1 amide bonds. The van der Waals surface area contributed by atoms with Crippen LogP contribution < -0.4 is 5.32 Å². The van der Waals surface area contributed by atoms with Crippen molar-refractivity contribution in [3.63, 3.8) is 0 Å². The number of halogens is 1. The fourth-order valence-corrected chi connectivity index (χ4v) is 3.46. The number of amides is 1. The first-order chi connectivity index (χ1) is 13.1. The Balaban J connectivity index is 1.58. The van der Waals surface area contributed by atoms with Crippen LogP contribution in [0.5, 0.6) is 0 Å². The van der Waals surface area contributed by atoms with Gasteiger partial charge in [-0.05, 0) is 36.6 Å². The van der Waals surface area contributed by atoms with Gasteiger partial charge in [0.05, 0.1) is 19.3 Å². The van der Waals surface area contributed by atoms with Gasteiger partial charge in [0.1, 0.15) is 5.82 Å². The van der Waals surface area contributed by atoms with Gasteiger partial charge in [0.2, 0.25) is 5.91 Å². The van der Waals surface area contributed by atoms with Gasteiger partial charge in [0.25, 0.3) is 0 Å². The third-order valence-electron chi connectivity index (χ3n) is 4.96. The van der Waals surface area contributed by atoms with Gasteiger partial charge in [-0.15, -0.1) is 0 Å². The monoisotopic (exact) mass is 370 g/mol. The number of hydrogen-bond donors (Lipinski definition) is 1. The first-order valence-corrected chi connectivity index (χ1v) is 9.51. The van der Waals surface area contributed by atoms with E-state index in [9.17, 15) is 9.18 Å². The van der Waals surface area contributed by atoms with E-state index < -0.39 is 0 Å². The predicted molar refractivity (Wildman–Crippen MR) is 104 cm³/mol. The predicted octanol–water partition coefficient (Wildman–Crippen LogP) is 3.26. The summed E-state index contributed by atoms with van der Waals surface area (Å²) in [6.45, 7) is 5.54. The van der Waals surface area contributed by atoms with Crippen LogP contribution >= 0.6 is 0 Å². The van der Waals surface area contributed by atoms with E-state index in [-0.39, 0.29) is 17.8 Å². The van der Waals surface area contributed by atoms with E-state index in [0.29, 0.717) is 26.2 Å². The summed E-state index contributed by atoms with van der Waals surface area (Å²) in [5.74, 6) is -0.210. The SMILES string of the molecule is Cc1cccc(CCC(=O)NCC(c2ccc(F)cc2)N2CCOCC2)c1. The van der Waals surface area contributed by atoms with Crippen LogP contribution in [0, 0.1) is 12.7 Å². The number of hydrogen-bond acceptors (Lipinski definition) is 3. The lowest BCUT2D eigenvalue weighted by molar-refractivity contribution is -0.121. The van der Waals surface area contributed by atoms with Gasteiger partial charge >= 0.3 is 0 Å². The van der Waals surface area contributed by atoms with Crippen LogP contribution in [0.25, 0.3) is 0 Å².